The third-order valence-electron chi connectivity index (χ3n) is 4.18. The van der Waals surface area contributed by atoms with E-state index in [1.807, 2.05) is 31.2 Å². The summed E-state index contributed by atoms with van der Waals surface area (Å²) in [5, 5.41) is 19.1. The van der Waals surface area contributed by atoms with Gasteiger partial charge in [-0.15, -0.1) is 0 Å². The highest BCUT2D eigenvalue weighted by atomic mass is 32.1. The normalized spacial score (nSPS) is 13.5. The molecule has 1 aliphatic carbocycles. The van der Waals surface area contributed by atoms with E-state index < -0.39 is 0 Å². The molecule has 0 atom stereocenters. The van der Waals surface area contributed by atoms with Crippen LogP contribution in [0.1, 0.15) is 30.2 Å². The van der Waals surface area contributed by atoms with Crippen LogP contribution in [0.3, 0.4) is 0 Å². The molecule has 0 saturated heterocycles. The second-order valence-electron chi connectivity index (χ2n) is 5.79. The van der Waals surface area contributed by atoms with E-state index in [9.17, 15) is 0 Å². The summed E-state index contributed by atoms with van der Waals surface area (Å²) in [6, 6.07) is 7.73. The van der Waals surface area contributed by atoms with Gasteiger partial charge < -0.3 is 4.74 Å². The molecule has 0 spiro atoms. The number of hydrogen-bond donors (Lipinski definition) is 2. The van der Waals surface area contributed by atoms with E-state index in [1.54, 1.807) is 10.9 Å². The lowest BCUT2D eigenvalue weighted by Crippen LogP contribution is -1.97. The number of ether oxygens (including phenoxy) is 1. The lowest BCUT2D eigenvalue weighted by atomic mass is 10.2. The van der Waals surface area contributed by atoms with Crippen molar-refractivity contribution < 1.29 is 4.74 Å². The van der Waals surface area contributed by atoms with E-state index in [0.717, 1.165) is 36.3 Å². The molecule has 25 heavy (non-hydrogen) atoms. The molecule has 2 N–H and O–H groups in total. The molecule has 1 aromatic carbocycles. The zero-order valence-corrected chi connectivity index (χ0v) is 14.6. The fourth-order valence-corrected chi connectivity index (χ4v) is 3.18. The van der Waals surface area contributed by atoms with Crippen LogP contribution in [0.15, 0.2) is 29.4 Å². The standard InChI is InChI=1S/C17H18N6OS/c1-2-24-12-8-6-11(7-9-12)10-18-23-16(21-22-17(23)25)15-13-4-3-5-14(13)19-20-15/h6-10H,2-5H2,1H3,(H,19,20)(H,22,25)/b18-10-. The SMILES string of the molecule is CCOc1ccc(/C=N\n2c(-c3n[nH]c4c3CCC4)n[nH]c2=S)cc1. The minimum Gasteiger partial charge on any atom is -0.494 e. The summed E-state index contributed by atoms with van der Waals surface area (Å²) in [5.41, 5.74) is 4.17. The molecular weight excluding hydrogens is 336 g/mol. The van der Waals surface area contributed by atoms with Gasteiger partial charge in [0.1, 0.15) is 11.4 Å². The monoisotopic (exact) mass is 354 g/mol. The summed E-state index contributed by atoms with van der Waals surface area (Å²) in [6.07, 6.45) is 4.92. The van der Waals surface area contributed by atoms with Gasteiger partial charge in [-0.2, -0.15) is 20.0 Å². The Bertz CT molecular complexity index is 966. The maximum Gasteiger partial charge on any atom is 0.216 e. The van der Waals surface area contributed by atoms with Gasteiger partial charge in [0.2, 0.25) is 10.6 Å². The van der Waals surface area contributed by atoms with Crippen molar-refractivity contribution in [3.63, 3.8) is 0 Å². The van der Waals surface area contributed by atoms with Crippen molar-refractivity contribution in [2.75, 3.05) is 6.61 Å². The molecule has 0 radical (unpaired) electrons. The van der Waals surface area contributed by atoms with Crippen molar-refractivity contribution >= 4 is 18.4 Å². The first-order chi connectivity index (χ1) is 12.3. The van der Waals surface area contributed by atoms with Gasteiger partial charge in [0.25, 0.3) is 0 Å². The van der Waals surface area contributed by atoms with Crippen molar-refractivity contribution in [2.45, 2.75) is 26.2 Å². The van der Waals surface area contributed by atoms with Crippen LogP contribution in [0.2, 0.25) is 0 Å². The maximum absolute atomic E-state index is 5.45. The first-order valence-electron chi connectivity index (χ1n) is 8.27. The Balaban J connectivity index is 1.65. The molecule has 4 rings (SSSR count). The third kappa shape index (κ3) is 3.00. The van der Waals surface area contributed by atoms with Gasteiger partial charge in [0, 0.05) is 11.3 Å². The molecule has 1 aliphatic rings. The number of aromatic amines is 2. The number of rotatable bonds is 5. The fourth-order valence-electron chi connectivity index (χ4n) is 3.00. The Hall–Kier alpha value is -2.74. The predicted octanol–water partition coefficient (Wildman–Crippen LogP) is 3.10. The van der Waals surface area contributed by atoms with Crippen LogP contribution in [0, 0.1) is 4.77 Å². The molecule has 0 aliphatic heterocycles. The van der Waals surface area contributed by atoms with Crippen LogP contribution >= 0.6 is 12.2 Å². The largest absolute Gasteiger partial charge is 0.494 e. The molecule has 0 amide bonds. The number of nitrogens with zero attached hydrogens (tertiary/aromatic N) is 4. The molecule has 8 heteroatoms. The van der Waals surface area contributed by atoms with Crippen LogP contribution in [0.5, 0.6) is 5.75 Å². The van der Waals surface area contributed by atoms with Crippen molar-refractivity contribution in [1.29, 1.82) is 0 Å². The summed E-state index contributed by atoms with van der Waals surface area (Å²) in [4.78, 5) is 0. The molecule has 0 saturated carbocycles. The summed E-state index contributed by atoms with van der Waals surface area (Å²) in [5.74, 6) is 1.47. The summed E-state index contributed by atoms with van der Waals surface area (Å²) >= 11 is 5.32. The van der Waals surface area contributed by atoms with Gasteiger partial charge in [-0.25, -0.2) is 5.10 Å². The first-order valence-corrected chi connectivity index (χ1v) is 8.68. The predicted molar refractivity (Wildman–Crippen MR) is 97.6 cm³/mol. The number of aromatic nitrogens is 5. The fraction of sp³-hybridized carbons (Fsp3) is 0.294. The number of benzene rings is 1. The number of aryl methyl sites for hydroxylation is 1. The van der Waals surface area contributed by atoms with E-state index in [0.29, 0.717) is 17.2 Å². The van der Waals surface area contributed by atoms with Crippen LogP contribution < -0.4 is 4.74 Å². The van der Waals surface area contributed by atoms with Gasteiger partial charge in [-0.1, -0.05) is 0 Å². The zero-order valence-electron chi connectivity index (χ0n) is 13.8. The van der Waals surface area contributed by atoms with Crippen LogP contribution in [-0.2, 0) is 12.8 Å². The van der Waals surface area contributed by atoms with Crippen LogP contribution in [0.25, 0.3) is 11.5 Å². The smallest absolute Gasteiger partial charge is 0.216 e. The molecule has 0 bridgehead atoms. The van der Waals surface area contributed by atoms with Crippen molar-refractivity contribution in [3.05, 3.63) is 45.9 Å². The lowest BCUT2D eigenvalue weighted by Gasteiger charge is -2.02. The quantitative estimate of drug-likeness (QED) is 0.545. The summed E-state index contributed by atoms with van der Waals surface area (Å²) in [6.45, 7) is 2.61. The minimum absolute atomic E-state index is 0.437. The van der Waals surface area contributed by atoms with E-state index in [-0.39, 0.29) is 0 Å². The molecule has 128 valence electrons. The molecule has 0 unspecified atom stereocenters. The molecule has 3 aromatic rings. The number of hydrogen-bond acceptors (Lipinski definition) is 5. The van der Waals surface area contributed by atoms with E-state index >= 15 is 0 Å². The Labute approximate surface area is 149 Å². The van der Waals surface area contributed by atoms with Crippen LogP contribution in [-0.4, -0.2) is 37.9 Å². The Morgan fingerprint density at radius 2 is 2.08 bits per heavy atom. The maximum atomic E-state index is 5.45. The van der Waals surface area contributed by atoms with Gasteiger partial charge >= 0.3 is 0 Å². The lowest BCUT2D eigenvalue weighted by molar-refractivity contribution is 0.340. The van der Waals surface area contributed by atoms with Crippen molar-refractivity contribution in [2.24, 2.45) is 5.10 Å². The highest BCUT2D eigenvalue weighted by molar-refractivity contribution is 7.71. The van der Waals surface area contributed by atoms with Gasteiger partial charge in [-0.3, -0.25) is 5.10 Å². The average Bonchev–Trinajstić information content (AvgIpc) is 3.31. The second-order valence-corrected chi connectivity index (χ2v) is 6.18. The van der Waals surface area contributed by atoms with Gasteiger partial charge in [0.15, 0.2) is 0 Å². The summed E-state index contributed by atoms with van der Waals surface area (Å²) in [7, 11) is 0. The topological polar surface area (TPSA) is 83.9 Å². The van der Waals surface area contributed by atoms with E-state index in [4.69, 9.17) is 17.0 Å². The highest BCUT2D eigenvalue weighted by Gasteiger charge is 2.23. The second kappa shape index (κ2) is 6.64. The molecule has 2 heterocycles. The van der Waals surface area contributed by atoms with Crippen LogP contribution in [0.4, 0.5) is 0 Å². The third-order valence-corrected chi connectivity index (χ3v) is 4.45. The van der Waals surface area contributed by atoms with E-state index in [1.165, 1.54) is 11.3 Å². The number of fused-ring (bicyclic) bond motifs is 1. The molecule has 2 aromatic heterocycles. The molecular formula is C17H18N6OS. The molecule has 7 nitrogen and oxygen atoms in total. The number of H-pyrrole nitrogens is 2. The zero-order chi connectivity index (χ0) is 17.2. The average molecular weight is 354 g/mol. The van der Waals surface area contributed by atoms with Crippen molar-refractivity contribution in [3.8, 4) is 17.3 Å². The Morgan fingerprint density at radius 3 is 2.88 bits per heavy atom. The minimum atomic E-state index is 0.437. The van der Waals surface area contributed by atoms with Gasteiger partial charge in [-0.05, 0) is 68.2 Å². The molecule has 0 fully saturated rings. The highest BCUT2D eigenvalue weighted by Crippen LogP contribution is 2.29. The van der Waals surface area contributed by atoms with Gasteiger partial charge in [0.05, 0.1) is 12.8 Å². The summed E-state index contributed by atoms with van der Waals surface area (Å²) < 4.78 is 7.50. The Kier molecular flexibility index (Phi) is 4.19. The van der Waals surface area contributed by atoms with E-state index in [2.05, 4.69) is 25.5 Å². The van der Waals surface area contributed by atoms with Crippen molar-refractivity contribution in [1.82, 2.24) is 25.1 Å². The first kappa shape index (κ1) is 15.8. The Morgan fingerprint density at radius 1 is 1.24 bits per heavy atom. The number of nitrogens with one attached hydrogen (secondary N) is 2.